The lowest BCUT2D eigenvalue weighted by Gasteiger charge is -2.50. The first kappa shape index (κ1) is 23.4. The molecule has 0 spiro atoms. The Morgan fingerprint density at radius 3 is 1.75 bits per heavy atom. The fourth-order valence-electron chi connectivity index (χ4n) is 8.08. The second kappa shape index (κ2) is 9.86. The van der Waals surface area contributed by atoms with E-state index in [0.717, 1.165) is 11.3 Å². The van der Waals surface area contributed by atoms with Crippen molar-refractivity contribution in [1.82, 2.24) is 0 Å². The molecule has 0 radical (unpaired) electrons. The Balaban J connectivity index is 1.52. The highest BCUT2D eigenvalue weighted by Gasteiger charge is 2.48. The Labute approximate surface area is 221 Å². The molecule has 3 atom stereocenters. The molecule has 0 saturated heterocycles. The summed E-state index contributed by atoms with van der Waals surface area (Å²) in [5.41, 5.74) is 11.4. The van der Waals surface area contributed by atoms with Gasteiger partial charge in [0.2, 0.25) is 0 Å². The normalized spacial score (nSPS) is 24.2. The summed E-state index contributed by atoms with van der Waals surface area (Å²) in [5, 5.41) is 3.31. The Morgan fingerprint density at radius 1 is 0.556 bits per heavy atom. The van der Waals surface area contributed by atoms with Crippen LogP contribution >= 0.6 is 17.2 Å². The van der Waals surface area contributed by atoms with E-state index in [1.165, 1.54) is 75.1 Å². The van der Waals surface area contributed by atoms with Gasteiger partial charge in [-0.3, -0.25) is 0 Å². The summed E-state index contributed by atoms with van der Waals surface area (Å²) >= 11 is 0. The Morgan fingerprint density at radius 2 is 1.11 bits per heavy atom. The highest BCUT2D eigenvalue weighted by atomic mass is 31.1. The van der Waals surface area contributed by atoms with Crippen LogP contribution in [-0.4, -0.2) is 11.3 Å². The van der Waals surface area contributed by atoms with E-state index in [2.05, 4.69) is 82.0 Å². The van der Waals surface area contributed by atoms with Gasteiger partial charge < -0.3 is 0 Å². The highest BCUT2D eigenvalue weighted by Crippen LogP contribution is 2.72. The molecule has 2 bridgehead atoms. The topological polar surface area (TPSA) is 0 Å². The summed E-state index contributed by atoms with van der Waals surface area (Å²) in [5.74, 6) is 0.802. The van der Waals surface area contributed by atoms with Gasteiger partial charge in [0.25, 0.3) is 0 Å². The largest absolute Gasteiger partial charge is 0.105 e. The van der Waals surface area contributed by atoms with Crippen LogP contribution in [0.15, 0.2) is 78.1 Å². The second-order valence-electron chi connectivity index (χ2n) is 11.5. The molecule has 5 aliphatic rings. The van der Waals surface area contributed by atoms with Crippen LogP contribution < -0.4 is 5.30 Å². The standard InChI is InChI=1S/C34H38P2/c35-29-22-12-21-28-31-26-19-10-11-20-27(26)33(32(28)29)34(30(31)23-13-4-1-5-14-23)36(24-15-6-2-7-16-24)25-17-8-3-9-18-25/h1,4-5,10-14,19-22,24-25,31,33H,2-3,6-9,15-18,35H2. The lowest BCUT2D eigenvalue weighted by molar-refractivity contribution is 0.485. The lowest BCUT2D eigenvalue weighted by Crippen LogP contribution is -2.33. The molecule has 5 aliphatic carbocycles. The van der Waals surface area contributed by atoms with Gasteiger partial charge in [-0.15, -0.1) is 9.24 Å². The predicted molar refractivity (Wildman–Crippen MR) is 160 cm³/mol. The van der Waals surface area contributed by atoms with Crippen LogP contribution in [0, 0.1) is 0 Å². The molecule has 184 valence electrons. The molecular weight excluding hydrogens is 470 g/mol. The van der Waals surface area contributed by atoms with Gasteiger partial charge in [0.05, 0.1) is 0 Å². The van der Waals surface area contributed by atoms with E-state index in [4.69, 9.17) is 0 Å². The Kier molecular flexibility index (Phi) is 6.40. The lowest BCUT2D eigenvalue weighted by atomic mass is 9.63. The van der Waals surface area contributed by atoms with E-state index < -0.39 is 0 Å². The van der Waals surface area contributed by atoms with Crippen LogP contribution in [0.4, 0.5) is 0 Å². The average molecular weight is 509 g/mol. The first-order chi connectivity index (χ1) is 17.8. The molecule has 3 unspecified atom stereocenters. The molecule has 2 fully saturated rings. The first-order valence-electron chi connectivity index (χ1n) is 14.4. The maximum Gasteiger partial charge on any atom is 0.0360 e. The van der Waals surface area contributed by atoms with Crippen molar-refractivity contribution >= 4 is 28.0 Å². The fourth-order valence-corrected chi connectivity index (χ4v) is 12.8. The van der Waals surface area contributed by atoms with Crippen LogP contribution in [0.3, 0.4) is 0 Å². The maximum atomic E-state index is 3.13. The zero-order valence-corrected chi connectivity index (χ0v) is 23.4. The van der Waals surface area contributed by atoms with Gasteiger partial charge in [-0.05, 0) is 81.0 Å². The molecule has 36 heavy (non-hydrogen) atoms. The van der Waals surface area contributed by atoms with Gasteiger partial charge in [0.15, 0.2) is 0 Å². The number of allylic oxidation sites excluding steroid dienone is 2. The van der Waals surface area contributed by atoms with Crippen molar-refractivity contribution in [3.05, 3.63) is 106 Å². The molecule has 0 amide bonds. The summed E-state index contributed by atoms with van der Waals surface area (Å²) < 4.78 is 0. The maximum absolute atomic E-state index is 3.13. The average Bonchev–Trinajstić information content (AvgIpc) is 2.95. The Bertz CT molecular complexity index is 1260. The van der Waals surface area contributed by atoms with Gasteiger partial charge in [0, 0.05) is 11.8 Å². The van der Waals surface area contributed by atoms with Crippen molar-refractivity contribution in [3.63, 3.8) is 0 Å². The van der Waals surface area contributed by atoms with Gasteiger partial charge in [-0.2, -0.15) is 0 Å². The summed E-state index contributed by atoms with van der Waals surface area (Å²) in [6.07, 6.45) is 14.5. The van der Waals surface area contributed by atoms with Crippen molar-refractivity contribution in [2.24, 2.45) is 0 Å². The number of hydrogen-bond donors (Lipinski definition) is 0. The van der Waals surface area contributed by atoms with Crippen LogP contribution in [0.25, 0.3) is 5.57 Å². The van der Waals surface area contributed by atoms with E-state index in [9.17, 15) is 0 Å². The zero-order valence-electron chi connectivity index (χ0n) is 21.3. The minimum Gasteiger partial charge on any atom is -0.105 e. The molecule has 2 saturated carbocycles. The van der Waals surface area contributed by atoms with Gasteiger partial charge in [-0.25, -0.2) is 0 Å². The van der Waals surface area contributed by atoms with Crippen molar-refractivity contribution in [3.8, 4) is 0 Å². The molecule has 0 heterocycles. The van der Waals surface area contributed by atoms with E-state index in [0.29, 0.717) is 11.8 Å². The van der Waals surface area contributed by atoms with Gasteiger partial charge in [0.1, 0.15) is 0 Å². The molecule has 3 aromatic carbocycles. The summed E-state index contributed by atoms with van der Waals surface area (Å²) in [7, 11) is 2.95. The number of benzene rings is 3. The SMILES string of the molecule is Pc1cccc2c1C1C(P(C3CCCCC3)C3CCCCC3)=C(c3ccccc3)C2c2ccccc21. The summed E-state index contributed by atoms with van der Waals surface area (Å²) in [4.78, 5) is 0. The summed E-state index contributed by atoms with van der Waals surface area (Å²) in [6, 6.07) is 28.1. The van der Waals surface area contributed by atoms with Gasteiger partial charge >= 0.3 is 0 Å². The third-order valence-corrected chi connectivity index (χ3v) is 13.7. The van der Waals surface area contributed by atoms with Crippen molar-refractivity contribution < 1.29 is 0 Å². The van der Waals surface area contributed by atoms with E-state index in [1.54, 1.807) is 27.8 Å². The molecular formula is C34H38P2. The smallest absolute Gasteiger partial charge is 0.0360 e. The first-order valence-corrected chi connectivity index (χ1v) is 16.4. The van der Waals surface area contributed by atoms with Crippen LogP contribution in [-0.2, 0) is 0 Å². The van der Waals surface area contributed by atoms with E-state index in [1.807, 2.05) is 5.31 Å². The zero-order chi connectivity index (χ0) is 24.1. The summed E-state index contributed by atoms with van der Waals surface area (Å²) in [6.45, 7) is 0. The molecule has 0 aromatic heterocycles. The molecule has 2 heteroatoms. The van der Waals surface area contributed by atoms with Crippen LogP contribution in [0.2, 0.25) is 0 Å². The molecule has 3 aromatic rings. The highest BCUT2D eigenvalue weighted by molar-refractivity contribution is 7.64. The minimum atomic E-state index is -0.184. The number of rotatable bonds is 4. The van der Waals surface area contributed by atoms with Gasteiger partial charge in [-0.1, -0.05) is 119 Å². The Hall–Kier alpha value is -1.74. The van der Waals surface area contributed by atoms with Crippen molar-refractivity contribution in [2.75, 3.05) is 0 Å². The third kappa shape index (κ3) is 3.79. The van der Waals surface area contributed by atoms with E-state index >= 15 is 0 Å². The molecule has 0 nitrogen and oxygen atoms in total. The minimum absolute atomic E-state index is 0.184. The number of hydrogen-bond acceptors (Lipinski definition) is 0. The molecule has 8 rings (SSSR count). The molecule has 0 aliphatic heterocycles. The van der Waals surface area contributed by atoms with Crippen LogP contribution in [0.5, 0.6) is 0 Å². The monoisotopic (exact) mass is 508 g/mol. The predicted octanol–water partition coefficient (Wildman–Crippen LogP) is 9.34. The van der Waals surface area contributed by atoms with Crippen molar-refractivity contribution in [2.45, 2.75) is 87.4 Å². The van der Waals surface area contributed by atoms with Crippen LogP contribution in [0.1, 0.15) is 104 Å². The van der Waals surface area contributed by atoms with E-state index in [-0.39, 0.29) is 7.92 Å². The quantitative estimate of drug-likeness (QED) is 0.308. The second-order valence-corrected chi connectivity index (χ2v) is 14.9. The fraction of sp³-hybridized carbons (Fsp3) is 0.412. The van der Waals surface area contributed by atoms with Crippen molar-refractivity contribution in [1.29, 1.82) is 0 Å². The third-order valence-electron chi connectivity index (χ3n) is 9.53. The molecule has 0 N–H and O–H groups in total.